The molecule has 1 N–H and O–H groups in total. The van der Waals surface area contributed by atoms with E-state index in [9.17, 15) is 5.11 Å². The number of aromatic nitrogens is 3. The number of aliphatic hydroxyl groups is 1. The largest absolute Gasteiger partial charge is 0.481 e. The van der Waals surface area contributed by atoms with Crippen LogP contribution in [-0.2, 0) is 13.0 Å². The lowest BCUT2D eigenvalue weighted by atomic mass is 10.1. The van der Waals surface area contributed by atoms with Gasteiger partial charge < -0.3 is 23.9 Å². The fraction of sp³-hybridized carbons (Fsp3) is 0.435. The van der Waals surface area contributed by atoms with Crippen molar-refractivity contribution in [3.8, 4) is 11.8 Å². The van der Waals surface area contributed by atoms with Crippen LogP contribution in [0.5, 0.6) is 11.8 Å². The second-order valence-electron chi connectivity index (χ2n) is 8.25. The maximum absolute atomic E-state index is 10.6. The Morgan fingerprint density at radius 1 is 1.22 bits per heavy atom. The fourth-order valence-corrected chi connectivity index (χ4v) is 4.43. The molecule has 0 saturated carbocycles. The number of fused-ring (bicyclic) bond motifs is 1. The molecule has 0 amide bonds. The maximum Gasteiger partial charge on any atom is 0.222 e. The van der Waals surface area contributed by atoms with Crippen LogP contribution in [0, 0.1) is 6.92 Å². The van der Waals surface area contributed by atoms with Gasteiger partial charge in [-0.2, -0.15) is 0 Å². The molecular weight excluding hydrogens is 410 g/mol. The first kappa shape index (κ1) is 20.7. The Morgan fingerprint density at radius 2 is 2.12 bits per heavy atom. The Morgan fingerprint density at radius 3 is 2.91 bits per heavy atom. The Kier molecular flexibility index (Phi) is 5.67. The summed E-state index contributed by atoms with van der Waals surface area (Å²) in [7, 11) is 1.63. The minimum Gasteiger partial charge on any atom is -0.481 e. The van der Waals surface area contributed by atoms with E-state index in [0.29, 0.717) is 24.8 Å². The SMILES string of the molecule is COc1ncc(N2CCc3ncnc(OC4CCN(C(O)c5ccoc5)C4)c3C2)cc1C. The number of nitrogens with zero attached hydrogens (tertiary/aromatic N) is 5. The molecule has 0 bridgehead atoms. The van der Waals surface area contributed by atoms with Crippen LogP contribution in [0.25, 0.3) is 0 Å². The maximum atomic E-state index is 10.6. The molecular formula is C23H27N5O4. The molecule has 32 heavy (non-hydrogen) atoms. The van der Waals surface area contributed by atoms with Crippen molar-refractivity contribution in [3.05, 3.63) is 59.6 Å². The number of pyridine rings is 1. The second-order valence-corrected chi connectivity index (χ2v) is 8.25. The average Bonchev–Trinajstić information content (AvgIpc) is 3.51. The summed E-state index contributed by atoms with van der Waals surface area (Å²) in [6, 6.07) is 3.87. The number of rotatable bonds is 6. The Hall–Kier alpha value is -3.17. The molecule has 5 rings (SSSR count). The quantitative estimate of drug-likeness (QED) is 0.624. The van der Waals surface area contributed by atoms with Crippen molar-refractivity contribution >= 4 is 5.69 Å². The minimum absolute atomic E-state index is 0.0455. The molecule has 2 atom stereocenters. The van der Waals surface area contributed by atoms with E-state index in [1.165, 1.54) is 0 Å². The van der Waals surface area contributed by atoms with Gasteiger partial charge in [-0.25, -0.2) is 15.0 Å². The predicted molar refractivity (Wildman–Crippen MR) is 117 cm³/mol. The van der Waals surface area contributed by atoms with Gasteiger partial charge >= 0.3 is 0 Å². The van der Waals surface area contributed by atoms with Crippen molar-refractivity contribution in [3.63, 3.8) is 0 Å². The van der Waals surface area contributed by atoms with Crippen LogP contribution in [0.3, 0.4) is 0 Å². The highest BCUT2D eigenvalue weighted by molar-refractivity contribution is 5.52. The van der Waals surface area contributed by atoms with E-state index in [0.717, 1.165) is 54.0 Å². The summed E-state index contributed by atoms with van der Waals surface area (Å²) in [6.45, 7) is 4.87. The predicted octanol–water partition coefficient (Wildman–Crippen LogP) is 2.49. The number of likely N-dealkylation sites (tertiary alicyclic amines) is 1. The van der Waals surface area contributed by atoms with Crippen LogP contribution in [0.1, 0.15) is 35.0 Å². The Balaban J connectivity index is 1.30. The van der Waals surface area contributed by atoms with E-state index < -0.39 is 6.23 Å². The molecule has 3 aromatic heterocycles. The molecule has 0 aliphatic carbocycles. The molecule has 2 aliphatic rings. The zero-order valence-corrected chi connectivity index (χ0v) is 18.3. The summed E-state index contributed by atoms with van der Waals surface area (Å²) in [5.74, 6) is 1.27. The van der Waals surface area contributed by atoms with Crippen molar-refractivity contribution in [1.82, 2.24) is 19.9 Å². The van der Waals surface area contributed by atoms with Crippen LogP contribution in [-0.4, -0.2) is 57.8 Å². The summed E-state index contributed by atoms with van der Waals surface area (Å²) >= 11 is 0. The molecule has 2 unspecified atom stereocenters. The van der Waals surface area contributed by atoms with Gasteiger partial charge in [0.25, 0.3) is 0 Å². The lowest BCUT2D eigenvalue weighted by Crippen LogP contribution is -2.33. The highest BCUT2D eigenvalue weighted by atomic mass is 16.5. The lowest BCUT2D eigenvalue weighted by molar-refractivity contribution is 0.0113. The highest BCUT2D eigenvalue weighted by Crippen LogP contribution is 2.31. The Labute approximate surface area is 186 Å². The fourth-order valence-electron chi connectivity index (χ4n) is 4.43. The average molecular weight is 438 g/mol. The molecule has 168 valence electrons. The summed E-state index contributed by atoms with van der Waals surface area (Å²) in [6.07, 6.45) is 7.46. The van der Waals surface area contributed by atoms with E-state index in [2.05, 4.69) is 25.9 Å². The third-order valence-corrected chi connectivity index (χ3v) is 6.18. The number of furan rings is 1. The van der Waals surface area contributed by atoms with Gasteiger partial charge in [-0.3, -0.25) is 4.90 Å². The number of anilines is 1. The van der Waals surface area contributed by atoms with Crippen LogP contribution < -0.4 is 14.4 Å². The summed E-state index contributed by atoms with van der Waals surface area (Å²) in [5.41, 5.74) is 4.83. The number of hydrogen-bond donors (Lipinski definition) is 1. The first-order chi connectivity index (χ1) is 15.6. The first-order valence-electron chi connectivity index (χ1n) is 10.8. The molecule has 0 radical (unpaired) electrons. The molecule has 0 spiro atoms. The smallest absolute Gasteiger partial charge is 0.222 e. The molecule has 1 saturated heterocycles. The van der Waals surface area contributed by atoms with Gasteiger partial charge in [-0.15, -0.1) is 0 Å². The van der Waals surface area contributed by atoms with Gasteiger partial charge in [0.2, 0.25) is 11.8 Å². The third kappa shape index (κ3) is 4.01. The number of aliphatic hydroxyl groups excluding tert-OH is 1. The second kappa shape index (κ2) is 8.76. The van der Waals surface area contributed by atoms with Gasteiger partial charge in [-0.1, -0.05) is 0 Å². The summed E-state index contributed by atoms with van der Waals surface area (Å²) in [5, 5.41) is 10.6. The molecule has 5 heterocycles. The van der Waals surface area contributed by atoms with E-state index in [4.69, 9.17) is 13.9 Å². The van der Waals surface area contributed by atoms with Gasteiger partial charge in [-0.05, 0) is 25.5 Å². The number of methoxy groups -OCH3 is 1. The molecule has 0 aromatic carbocycles. The molecule has 2 aliphatic heterocycles. The van der Waals surface area contributed by atoms with Crippen LogP contribution in [0.15, 0.2) is 41.6 Å². The van der Waals surface area contributed by atoms with Gasteiger partial charge in [0.15, 0.2) is 0 Å². The molecule has 3 aromatic rings. The van der Waals surface area contributed by atoms with Crippen molar-refractivity contribution in [2.45, 2.75) is 38.6 Å². The van der Waals surface area contributed by atoms with E-state index in [1.54, 1.807) is 32.0 Å². The number of ether oxygens (including phenoxy) is 2. The van der Waals surface area contributed by atoms with Crippen LogP contribution >= 0.6 is 0 Å². The van der Waals surface area contributed by atoms with Gasteiger partial charge in [0, 0.05) is 37.2 Å². The number of hydrogen-bond acceptors (Lipinski definition) is 9. The van der Waals surface area contributed by atoms with E-state index >= 15 is 0 Å². The topological polar surface area (TPSA) is 97.0 Å². The minimum atomic E-state index is -0.692. The van der Waals surface area contributed by atoms with E-state index in [-0.39, 0.29) is 6.10 Å². The normalized spacial score (nSPS) is 19.6. The molecule has 9 nitrogen and oxygen atoms in total. The highest BCUT2D eigenvalue weighted by Gasteiger charge is 2.31. The first-order valence-corrected chi connectivity index (χ1v) is 10.8. The third-order valence-electron chi connectivity index (χ3n) is 6.18. The standard InChI is InChI=1S/C23H27N5O4/c1-15-9-17(10-24-21(15)30-2)27-7-4-20-19(12-27)22(26-14-25-20)32-18-3-6-28(11-18)23(29)16-5-8-31-13-16/h5,8-10,13-14,18,23,29H,3-4,6-7,11-12H2,1-2H3. The van der Waals surface area contributed by atoms with Crippen molar-refractivity contribution < 1.29 is 19.0 Å². The van der Waals surface area contributed by atoms with E-state index in [1.807, 2.05) is 18.0 Å². The summed E-state index contributed by atoms with van der Waals surface area (Å²) in [4.78, 5) is 17.6. The van der Waals surface area contributed by atoms with Crippen molar-refractivity contribution in [2.75, 3.05) is 31.6 Å². The lowest BCUT2D eigenvalue weighted by Gasteiger charge is -2.31. The zero-order valence-electron chi connectivity index (χ0n) is 18.3. The van der Waals surface area contributed by atoms with Crippen molar-refractivity contribution in [2.24, 2.45) is 0 Å². The Bertz CT molecular complexity index is 1070. The zero-order chi connectivity index (χ0) is 22.1. The van der Waals surface area contributed by atoms with Crippen molar-refractivity contribution in [1.29, 1.82) is 0 Å². The van der Waals surface area contributed by atoms with Gasteiger partial charge in [0.05, 0.1) is 49.3 Å². The molecule has 1 fully saturated rings. The molecule has 9 heteroatoms. The monoisotopic (exact) mass is 437 g/mol. The van der Waals surface area contributed by atoms with Crippen LogP contribution in [0.2, 0.25) is 0 Å². The number of aryl methyl sites for hydroxylation is 1. The van der Waals surface area contributed by atoms with Crippen LogP contribution in [0.4, 0.5) is 5.69 Å². The van der Waals surface area contributed by atoms with Gasteiger partial charge in [0.1, 0.15) is 18.7 Å². The summed E-state index contributed by atoms with van der Waals surface area (Å²) < 4.78 is 16.7.